The number of hydrogen-bond donors (Lipinski definition) is 3. The fraction of sp³-hybridized carbons (Fsp3) is 0.467. The summed E-state index contributed by atoms with van der Waals surface area (Å²) in [7, 11) is 0. The molecule has 0 spiro atoms. The van der Waals surface area contributed by atoms with Crippen molar-refractivity contribution in [2.24, 2.45) is 0 Å². The summed E-state index contributed by atoms with van der Waals surface area (Å²) < 4.78 is 0. The van der Waals surface area contributed by atoms with Gasteiger partial charge in [-0.15, -0.1) is 0 Å². The van der Waals surface area contributed by atoms with Crippen LogP contribution in [0, 0.1) is 0 Å². The molecule has 0 aliphatic carbocycles. The molecule has 3 N–H and O–H groups in total. The van der Waals surface area contributed by atoms with Crippen molar-refractivity contribution in [1.82, 2.24) is 5.32 Å². The highest BCUT2D eigenvalue weighted by atomic mass is 16.4. The normalized spacial score (nSPS) is 15.2. The van der Waals surface area contributed by atoms with Crippen LogP contribution in [-0.4, -0.2) is 34.7 Å². The standard InChI is InChI=1S/C15H21NO4/c1-11(17)8-9-16-13(18)10-15(2,14(19)20)12-6-4-3-5-7-12/h3-7,11,17H,8-10H2,1-2H3,(H,16,18)(H,19,20). The summed E-state index contributed by atoms with van der Waals surface area (Å²) in [5.74, 6) is -1.37. The summed E-state index contributed by atoms with van der Waals surface area (Å²) in [5.41, 5.74) is -0.658. The van der Waals surface area contributed by atoms with E-state index >= 15 is 0 Å². The Balaban J connectivity index is 2.73. The van der Waals surface area contributed by atoms with Gasteiger partial charge in [0.05, 0.1) is 11.5 Å². The minimum absolute atomic E-state index is 0.133. The molecule has 110 valence electrons. The lowest BCUT2D eigenvalue weighted by atomic mass is 9.79. The fourth-order valence-electron chi connectivity index (χ4n) is 1.91. The van der Waals surface area contributed by atoms with Crippen molar-refractivity contribution < 1.29 is 19.8 Å². The van der Waals surface area contributed by atoms with E-state index in [1.807, 2.05) is 0 Å². The Bertz CT molecular complexity index is 458. The van der Waals surface area contributed by atoms with Crippen LogP contribution in [0.4, 0.5) is 0 Å². The second kappa shape index (κ2) is 7.05. The predicted molar refractivity (Wildman–Crippen MR) is 75.4 cm³/mol. The van der Waals surface area contributed by atoms with Crippen molar-refractivity contribution in [2.45, 2.75) is 38.2 Å². The third-order valence-electron chi connectivity index (χ3n) is 3.28. The van der Waals surface area contributed by atoms with Gasteiger partial charge < -0.3 is 15.5 Å². The largest absolute Gasteiger partial charge is 0.481 e. The number of hydrogen-bond acceptors (Lipinski definition) is 3. The van der Waals surface area contributed by atoms with Crippen molar-refractivity contribution in [3.63, 3.8) is 0 Å². The van der Waals surface area contributed by atoms with Gasteiger partial charge in [0, 0.05) is 13.0 Å². The third-order valence-corrected chi connectivity index (χ3v) is 3.28. The summed E-state index contributed by atoms with van der Waals surface area (Å²) in [4.78, 5) is 23.4. The van der Waals surface area contributed by atoms with E-state index in [1.54, 1.807) is 44.2 Å². The highest BCUT2D eigenvalue weighted by Gasteiger charge is 2.37. The first-order chi connectivity index (χ1) is 9.36. The molecular weight excluding hydrogens is 258 g/mol. The summed E-state index contributed by atoms with van der Waals surface area (Å²) in [6.07, 6.45) is -0.178. The van der Waals surface area contributed by atoms with Crippen LogP contribution in [0.2, 0.25) is 0 Å². The Morgan fingerprint density at radius 3 is 2.40 bits per heavy atom. The molecule has 0 fully saturated rings. The van der Waals surface area contributed by atoms with Crippen LogP contribution in [0.5, 0.6) is 0 Å². The third kappa shape index (κ3) is 4.35. The van der Waals surface area contributed by atoms with E-state index in [0.29, 0.717) is 18.5 Å². The van der Waals surface area contributed by atoms with E-state index in [9.17, 15) is 14.7 Å². The summed E-state index contributed by atoms with van der Waals surface area (Å²) in [6, 6.07) is 8.71. The number of carbonyl (C=O) groups is 2. The molecule has 0 saturated heterocycles. The number of aliphatic hydroxyl groups is 1. The number of benzene rings is 1. The molecule has 5 nitrogen and oxygen atoms in total. The molecule has 0 radical (unpaired) electrons. The van der Waals surface area contributed by atoms with Gasteiger partial charge in [-0.3, -0.25) is 9.59 Å². The van der Waals surface area contributed by atoms with Crippen LogP contribution in [0.1, 0.15) is 32.3 Å². The molecule has 20 heavy (non-hydrogen) atoms. The number of aliphatic carboxylic acids is 1. The number of carboxylic acids is 1. The average molecular weight is 279 g/mol. The van der Waals surface area contributed by atoms with E-state index < -0.39 is 17.5 Å². The predicted octanol–water partition coefficient (Wildman–Crippen LogP) is 1.31. The highest BCUT2D eigenvalue weighted by Crippen LogP contribution is 2.27. The molecule has 1 aromatic rings. The van der Waals surface area contributed by atoms with Crippen molar-refractivity contribution in [1.29, 1.82) is 0 Å². The second-order valence-corrected chi connectivity index (χ2v) is 5.17. The maximum Gasteiger partial charge on any atom is 0.314 e. The molecule has 0 aliphatic heterocycles. The van der Waals surface area contributed by atoms with Gasteiger partial charge in [-0.2, -0.15) is 0 Å². The van der Waals surface area contributed by atoms with Gasteiger partial charge in [0.1, 0.15) is 0 Å². The monoisotopic (exact) mass is 279 g/mol. The quantitative estimate of drug-likeness (QED) is 0.702. The Morgan fingerprint density at radius 1 is 1.30 bits per heavy atom. The molecule has 0 aliphatic rings. The molecule has 1 amide bonds. The van der Waals surface area contributed by atoms with E-state index in [4.69, 9.17) is 5.11 Å². The second-order valence-electron chi connectivity index (χ2n) is 5.17. The van der Waals surface area contributed by atoms with E-state index in [-0.39, 0.29) is 12.3 Å². The molecule has 5 heteroatoms. The van der Waals surface area contributed by atoms with Crippen molar-refractivity contribution in [2.75, 3.05) is 6.54 Å². The smallest absolute Gasteiger partial charge is 0.314 e. The topological polar surface area (TPSA) is 86.6 Å². The van der Waals surface area contributed by atoms with Crippen LogP contribution in [0.3, 0.4) is 0 Å². The molecule has 1 rings (SSSR count). The zero-order valence-electron chi connectivity index (χ0n) is 11.8. The highest BCUT2D eigenvalue weighted by molar-refractivity contribution is 5.89. The molecule has 0 saturated carbocycles. The zero-order chi connectivity index (χ0) is 15.2. The Labute approximate surface area is 118 Å². The number of nitrogens with one attached hydrogen (secondary N) is 1. The molecule has 2 unspecified atom stereocenters. The van der Waals surface area contributed by atoms with Gasteiger partial charge >= 0.3 is 5.97 Å². The first-order valence-electron chi connectivity index (χ1n) is 6.60. The first kappa shape index (κ1) is 16.2. The van der Waals surface area contributed by atoms with Crippen molar-refractivity contribution >= 4 is 11.9 Å². The van der Waals surface area contributed by atoms with E-state index in [1.165, 1.54) is 0 Å². The van der Waals surface area contributed by atoms with Gasteiger partial charge in [0.25, 0.3) is 0 Å². The van der Waals surface area contributed by atoms with Gasteiger partial charge in [0.15, 0.2) is 0 Å². The van der Waals surface area contributed by atoms with Crippen LogP contribution in [0.15, 0.2) is 30.3 Å². The summed E-state index contributed by atoms with van der Waals surface area (Å²) in [5, 5.41) is 21.2. The molecule has 0 bridgehead atoms. The lowest BCUT2D eigenvalue weighted by Crippen LogP contribution is -2.39. The van der Waals surface area contributed by atoms with Gasteiger partial charge in [-0.25, -0.2) is 0 Å². The SMILES string of the molecule is CC(O)CCNC(=O)CC(C)(C(=O)O)c1ccccc1. The summed E-state index contributed by atoms with van der Waals surface area (Å²) in [6.45, 7) is 3.51. The number of carboxylic acid groups (broad SMARTS) is 1. The first-order valence-corrected chi connectivity index (χ1v) is 6.60. The number of rotatable bonds is 7. The molecule has 0 aromatic heterocycles. The Hall–Kier alpha value is -1.88. The van der Waals surface area contributed by atoms with Crippen LogP contribution >= 0.6 is 0 Å². The van der Waals surface area contributed by atoms with E-state index in [2.05, 4.69) is 5.32 Å². The lowest BCUT2D eigenvalue weighted by molar-refractivity contribution is -0.145. The molecule has 2 atom stereocenters. The van der Waals surface area contributed by atoms with Crippen molar-refractivity contribution in [3.8, 4) is 0 Å². The van der Waals surface area contributed by atoms with Gasteiger partial charge in [-0.1, -0.05) is 30.3 Å². The minimum Gasteiger partial charge on any atom is -0.481 e. The summed E-state index contributed by atoms with van der Waals surface area (Å²) >= 11 is 0. The number of amides is 1. The van der Waals surface area contributed by atoms with Crippen LogP contribution in [0.25, 0.3) is 0 Å². The average Bonchev–Trinajstić information content (AvgIpc) is 2.38. The Morgan fingerprint density at radius 2 is 1.90 bits per heavy atom. The fourth-order valence-corrected chi connectivity index (χ4v) is 1.91. The number of carbonyl (C=O) groups excluding carboxylic acids is 1. The molecular formula is C15H21NO4. The van der Waals surface area contributed by atoms with Crippen LogP contribution < -0.4 is 5.32 Å². The van der Waals surface area contributed by atoms with Gasteiger partial charge in [-0.05, 0) is 25.8 Å². The molecule has 0 heterocycles. The Kier molecular flexibility index (Phi) is 5.70. The number of aliphatic hydroxyl groups excluding tert-OH is 1. The zero-order valence-corrected chi connectivity index (χ0v) is 11.8. The lowest BCUT2D eigenvalue weighted by Gasteiger charge is -2.24. The minimum atomic E-state index is -1.25. The molecule has 1 aromatic carbocycles. The van der Waals surface area contributed by atoms with E-state index in [0.717, 1.165) is 0 Å². The maximum atomic E-state index is 11.9. The van der Waals surface area contributed by atoms with Crippen molar-refractivity contribution in [3.05, 3.63) is 35.9 Å². The van der Waals surface area contributed by atoms with Gasteiger partial charge in [0.2, 0.25) is 5.91 Å². The van der Waals surface area contributed by atoms with Crippen LogP contribution in [-0.2, 0) is 15.0 Å². The maximum absolute atomic E-state index is 11.9.